The van der Waals surface area contributed by atoms with Crippen LogP contribution in [0.1, 0.15) is 11.5 Å². The van der Waals surface area contributed by atoms with Crippen LogP contribution in [0.2, 0.25) is 0 Å². The quantitative estimate of drug-likeness (QED) is 0.327. The van der Waals surface area contributed by atoms with E-state index in [1.54, 1.807) is 10.9 Å². The second-order valence-electron chi connectivity index (χ2n) is 4.27. The molecule has 0 aliphatic carbocycles. The molecule has 1 aromatic carbocycles. The fourth-order valence-corrected chi connectivity index (χ4v) is 1.88. The van der Waals surface area contributed by atoms with Gasteiger partial charge in [0, 0.05) is 19.8 Å². The number of anilines is 1. The lowest BCUT2D eigenvalue weighted by Crippen LogP contribution is -2.27. The molecule has 2 aromatic rings. The molecule has 0 radical (unpaired) electrons. The average molecular weight is 259 g/mol. The Bertz CT molecular complexity index is 549. The Balaban J connectivity index is 2.11. The van der Waals surface area contributed by atoms with Crippen molar-refractivity contribution in [2.24, 2.45) is 17.9 Å². The van der Waals surface area contributed by atoms with Crippen LogP contribution in [0, 0.1) is 0 Å². The van der Waals surface area contributed by atoms with Gasteiger partial charge in [0.15, 0.2) is 0 Å². The predicted molar refractivity (Wildman–Crippen MR) is 74.3 cm³/mol. The minimum absolute atomic E-state index is 0.183. The van der Waals surface area contributed by atoms with E-state index in [1.165, 1.54) is 0 Å². The summed E-state index contributed by atoms with van der Waals surface area (Å²) >= 11 is 0. The Morgan fingerprint density at radius 3 is 2.79 bits per heavy atom. The first-order valence-corrected chi connectivity index (χ1v) is 5.95. The van der Waals surface area contributed by atoms with Gasteiger partial charge in [-0.15, -0.1) is 0 Å². The lowest BCUT2D eigenvalue weighted by Gasteiger charge is -2.16. The van der Waals surface area contributed by atoms with Crippen LogP contribution in [0.3, 0.4) is 0 Å². The molecular weight excluding hydrogens is 242 g/mol. The van der Waals surface area contributed by atoms with Gasteiger partial charge in [0.2, 0.25) is 0 Å². The van der Waals surface area contributed by atoms with E-state index in [0.717, 1.165) is 11.3 Å². The van der Waals surface area contributed by atoms with Crippen molar-refractivity contribution >= 4 is 11.5 Å². The molecule has 0 fully saturated rings. The van der Waals surface area contributed by atoms with Crippen molar-refractivity contribution in [3.63, 3.8) is 0 Å². The van der Waals surface area contributed by atoms with Gasteiger partial charge < -0.3 is 16.3 Å². The molecule has 0 saturated heterocycles. The summed E-state index contributed by atoms with van der Waals surface area (Å²) in [6, 6.07) is 9.69. The number of nitrogens with two attached hydrogens (primary N) is 1. The fraction of sp³-hybridized carbons (Fsp3) is 0.231. The van der Waals surface area contributed by atoms with Gasteiger partial charge in [0.1, 0.15) is 5.84 Å². The average Bonchev–Trinajstić information content (AvgIpc) is 2.85. The standard InChI is InChI=1S/C13H17N5O/c1-18-9-11(7-16-18)15-8-12(13(14)17-19)10-5-3-2-4-6-10/h2-7,9,12,15,19H,8H2,1H3,(H2,14,17). The first kappa shape index (κ1) is 12.9. The number of hydrogen-bond acceptors (Lipinski definition) is 4. The van der Waals surface area contributed by atoms with Crippen LogP contribution in [0.4, 0.5) is 5.69 Å². The predicted octanol–water partition coefficient (Wildman–Crippen LogP) is 1.36. The molecule has 0 amide bonds. The van der Waals surface area contributed by atoms with Gasteiger partial charge in [-0.3, -0.25) is 4.68 Å². The monoisotopic (exact) mass is 259 g/mol. The van der Waals surface area contributed by atoms with E-state index < -0.39 is 0 Å². The maximum atomic E-state index is 8.89. The van der Waals surface area contributed by atoms with Crippen LogP contribution >= 0.6 is 0 Å². The highest BCUT2D eigenvalue weighted by Crippen LogP contribution is 2.17. The highest BCUT2D eigenvalue weighted by atomic mass is 16.4. The number of aromatic nitrogens is 2. The Labute approximate surface area is 111 Å². The number of amidine groups is 1. The van der Waals surface area contributed by atoms with E-state index in [1.807, 2.05) is 43.6 Å². The number of nitrogens with one attached hydrogen (secondary N) is 1. The van der Waals surface area contributed by atoms with E-state index in [4.69, 9.17) is 10.9 Å². The van der Waals surface area contributed by atoms with Gasteiger partial charge in [-0.25, -0.2) is 0 Å². The molecule has 1 atom stereocenters. The van der Waals surface area contributed by atoms with Crippen LogP contribution < -0.4 is 11.1 Å². The highest BCUT2D eigenvalue weighted by Gasteiger charge is 2.16. The third kappa shape index (κ3) is 3.25. The van der Waals surface area contributed by atoms with Gasteiger partial charge >= 0.3 is 0 Å². The summed E-state index contributed by atoms with van der Waals surface area (Å²) in [7, 11) is 1.85. The SMILES string of the molecule is Cn1cc(NCC(C(N)=NO)c2ccccc2)cn1. The van der Waals surface area contributed by atoms with Gasteiger partial charge in [-0.1, -0.05) is 35.5 Å². The zero-order chi connectivity index (χ0) is 13.7. The first-order valence-electron chi connectivity index (χ1n) is 5.95. The van der Waals surface area contributed by atoms with Crippen molar-refractivity contribution in [2.45, 2.75) is 5.92 Å². The summed E-state index contributed by atoms with van der Waals surface area (Å²) in [5.74, 6) is -0.00556. The minimum Gasteiger partial charge on any atom is -0.409 e. The van der Waals surface area contributed by atoms with Crippen molar-refractivity contribution in [1.82, 2.24) is 9.78 Å². The second-order valence-corrected chi connectivity index (χ2v) is 4.27. The van der Waals surface area contributed by atoms with E-state index in [-0.39, 0.29) is 11.8 Å². The molecule has 1 aromatic heterocycles. The van der Waals surface area contributed by atoms with Crippen molar-refractivity contribution < 1.29 is 5.21 Å². The number of benzene rings is 1. The molecule has 1 unspecified atom stereocenters. The molecule has 0 aliphatic rings. The Kier molecular flexibility index (Phi) is 4.02. The van der Waals surface area contributed by atoms with Gasteiger partial charge in [0.05, 0.1) is 17.8 Å². The summed E-state index contributed by atoms with van der Waals surface area (Å²) in [5.41, 5.74) is 7.65. The molecular formula is C13H17N5O. The third-order valence-corrected chi connectivity index (χ3v) is 2.89. The largest absolute Gasteiger partial charge is 0.409 e. The Hall–Kier alpha value is -2.50. The molecule has 0 spiro atoms. The number of rotatable bonds is 5. The van der Waals surface area contributed by atoms with Gasteiger partial charge in [-0.2, -0.15) is 5.10 Å². The summed E-state index contributed by atoms with van der Waals surface area (Å²) in [4.78, 5) is 0. The number of nitrogens with zero attached hydrogens (tertiary/aromatic N) is 3. The van der Waals surface area contributed by atoms with Crippen LogP contribution in [-0.2, 0) is 7.05 Å². The fourth-order valence-electron chi connectivity index (χ4n) is 1.88. The molecule has 0 saturated carbocycles. The first-order chi connectivity index (χ1) is 9.20. The lowest BCUT2D eigenvalue weighted by molar-refractivity contribution is 0.316. The normalized spacial score (nSPS) is 13.2. The maximum absolute atomic E-state index is 8.89. The molecule has 2 rings (SSSR count). The molecule has 0 bridgehead atoms. The minimum atomic E-state index is -0.189. The van der Waals surface area contributed by atoms with Crippen LogP contribution in [0.25, 0.3) is 0 Å². The van der Waals surface area contributed by atoms with Crippen molar-refractivity contribution in [2.75, 3.05) is 11.9 Å². The lowest BCUT2D eigenvalue weighted by atomic mass is 9.98. The van der Waals surface area contributed by atoms with Crippen molar-refractivity contribution in [1.29, 1.82) is 0 Å². The summed E-state index contributed by atoms with van der Waals surface area (Å²) in [6.07, 6.45) is 3.60. The molecule has 19 heavy (non-hydrogen) atoms. The van der Waals surface area contributed by atoms with Crippen LogP contribution in [-0.4, -0.2) is 27.4 Å². The number of hydrogen-bond donors (Lipinski definition) is 3. The number of aryl methyl sites for hydroxylation is 1. The topological polar surface area (TPSA) is 88.5 Å². The van der Waals surface area contributed by atoms with Crippen LogP contribution in [0.15, 0.2) is 47.9 Å². The Morgan fingerprint density at radius 2 is 2.21 bits per heavy atom. The highest BCUT2D eigenvalue weighted by molar-refractivity contribution is 5.87. The van der Waals surface area contributed by atoms with Crippen LogP contribution in [0.5, 0.6) is 0 Å². The van der Waals surface area contributed by atoms with E-state index in [0.29, 0.717) is 6.54 Å². The third-order valence-electron chi connectivity index (χ3n) is 2.89. The van der Waals surface area contributed by atoms with Gasteiger partial charge in [0.25, 0.3) is 0 Å². The second kappa shape index (κ2) is 5.90. The molecule has 6 nitrogen and oxygen atoms in total. The maximum Gasteiger partial charge on any atom is 0.148 e. The zero-order valence-corrected chi connectivity index (χ0v) is 10.7. The van der Waals surface area contributed by atoms with E-state index in [9.17, 15) is 0 Å². The molecule has 1 heterocycles. The molecule has 0 aliphatic heterocycles. The smallest absolute Gasteiger partial charge is 0.148 e. The molecule has 6 heteroatoms. The summed E-state index contributed by atoms with van der Waals surface area (Å²) in [5, 5.41) is 19.3. The summed E-state index contributed by atoms with van der Waals surface area (Å²) < 4.78 is 1.71. The van der Waals surface area contributed by atoms with Gasteiger partial charge in [-0.05, 0) is 5.56 Å². The number of oxime groups is 1. The zero-order valence-electron chi connectivity index (χ0n) is 10.7. The summed E-state index contributed by atoms with van der Waals surface area (Å²) in [6.45, 7) is 0.533. The van der Waals surface area contributed by atoms with Crippen molar-refractivity contribution in [3.05, 3.63) is 48.3 Å². The van der Waals surface area contributed by atoms with E-state index in [2.05, 4.69) is 15.6 Å². The molecule has 4 N–H and O–H groups in total. The van der Waals surface area contributed by atoms with Crippen molar-refractivity contribution in [3.8, 4) is 0 Å². The molecule has 100 valence electrons. The Morgan fingerprint density at radius 1 is 1.47 bits per heavy atom. The van der Waals surface area contributed by atoms with E-state index >= 15 is 0 Å².